The van der Waals surface area contributed by atoms with Crippen LogP contribution in [0.3, 0.4) is 0 Å². The summed E-state index contributed by atoms with van der Waals surface area (Å²) in [6.07, 6.45) is 9.63. The van der Waals surface area contributed by atoms with E-state index in [1.165, 1.54) is 56.3 Å². The van der Waals surface area contributed by atoms with Crippen LogP contribution in [0.2, 0.25) is 0 Å². The van der Waals surface area contributed by atoms with Gasteiger partial charge in [-0.3, -0.25) is 0 Å². The van der Waals surface area contributed by atoms with Crippen molar-refractivity contribution in [3.05, 3.63) is 60.7 Å². The second-order valence-corrected chi connectivity index (χ2v) is 14.3. The zero-order chi connectivity index (χ0) is 28.1. The van der Waals surface area contributed by atoms with E-state index in [1.54, 1.807) is 0 Å². The van der Waals surface area contributed by atoms with Gasteiger partial charge in [-0.1, -0.05) is 111 Å². The van der Waals surface area contributed by atoms with E-state index in [9.17, 15) is 0 Å². The van der Waals surface area contributed by atoms with Crippen LogP contribution < -0.4 is 9.80 Å². The van der Waals surface area contributed by atoms with Gasteiger partial charge in [-0.25, -0.2) is 0 Å². The van der Waals surface area contributed by atoms with Gasteiger partial charge in [-0.2, -0.15) is 0 Å². The predicted octanol–water partition coefficient (Wildman–Crippen LogP) is 10.1. The molecule has 0 N–H and O–H groups in total. The van der Waals surface area contributed by atoms with Crippen LogP contribution in [0.5, 0.6) is 0 Å². The van der Waals surface area contributed by atoms with Gasteiger partial charge >= 0.3 is 0 Å². The lowest BCUT2D eigenvalue weighted by Crippen LogP contribution is -2.54. The van der Waals surface area contributed by atoms with Crippen LogP contribution in [0, 0.1) is 35.5 Å². The second kappa shape index (κ2) is 13.6. The quantitative estimate of drug-likeness (QED) is 0.301. The van der Waals surface area contributed by atoms with Crippen molar-refractivity contribution in [1.29, 1.82) is 0 Å². The molecular formula is C37H58N2. The van der Waals surface area contributed by atoms with Gasteiger partial charge in [0.25, 0.3) is 0 Å². The molecule has 0 aromatic heterocycles. The smallest absolute Gasteiger partial charge is 0.0371 e. The third-order valence-corrected chi connectivity index (χ3v) is 10.1. The van der Waals surface area contributed by atoms with E-state index in [4.69, 9.17) is 0 Å². The normalized spacial score (nSPS) is 28.2. The largest absolute Gasteiger partial charge is 0.365 e. The van der Waals surface area contributed by atoms with Gasteiger partial charge in [0.1, 0.15) is 0 Å². The summed E-state index contributed by atoms with van der Waals surface area (Å²) in [7, 11) is 0. The number of rotatable bonds is 10. The van der Waals surface area contributed by atoms with E-state index in [1.807, 2.05) is 0 Å². The highest BCUT2D eigenvalue weighted by Crippen LogP contribution is 2.42. The summed E-state index contributed by atoms with van der Waals surface area (Å²) in [6, 6.07) is 25.1. The molecule has 2 heterocycles. The topological polar surface area (TPSA) is 6.48 Å². The molecule has 2 aromatic rings. The summed E-state index contributed by atoms with van der Waals surface area (Å²) < 4.78 is 0. The molecule has 2 heteroatoms. The monoisotopic (exact) mass is 530 g/mol. The molecule has 4 rings (SSSR count). The first-order valence-electron chi connectivity index (χ1n) is 16.3. The summed E-state index contributed by atoms with van der Waals surface area (Å²) in [6.45, 7) is 19.5. The van der Waals surface area contributed by atoms with Crippen molar-refractivity contribution in [2.75, 3.05) is 9.80 Å². The Bertz CT molecular complexity index is 850. The lowest BCUT2D eigenvalue weighted by atomic mass is 9.74. The van der Waals surface area contributed by atoms with E-state index in [0.717, 1.165) is 11.8 Å². The number of piperidine rings is 2. The molecule has 216 valence electrons. The average Bonchev–Trinajstić information content (AvgIpc) is 2.92. The predicted molar refractivity (Wildman–Crippen MR) is 172 cm³/mol. The SMILES string of the molecule is CC(C)C1CC(CCCC2CC(C(C)C)N(c3ccccc3)C(C(C)C)C2)CC(C(C)C)N1c1ccccc1. The highest BCUT2D eigenvalue weighted by atomic mass is 15.2. The van der Waals surface area contributed by atoms with Crippen LogP contribution in [-0.2, 0) is 0 Å². The molecule has 2 aliphatic rings. The second-order valence-electron chi connectivity index (χ2n) is 14.3. The van der Waals surface area contributed by atoms with Crippen molar-refractivity contribution in [1.82, 2.24) is 0 Å². The van der Waals surface area contributed by atoms with E-state index < -0.39 is 0 Å². The van der Waals surface area contributed by atoms with Gasteiger partial charge in [0, 0.05) is 35.5 Å². The Kier molecular flexibility index (Phi) is 10.5. The fourth-order valence-corrected chi connectivity index (χ4v) is 8.01. The van der Waals surface area contributed by atoms with Crippen molar-refractivity contribution in [2.24, 2.45) is 35.5 Å². The van der Waals surface area contributed by atoms with E-state index in [-0.39, 0.29) is 0 Å². The first kappa shape index (κ1) is 30.0. The molecular weight excluding hydrogens is 472 g/mol. The molecule has 2 aromatic carbocycles. The Morgan fingerprint density at radius 1 is 0.487 bits per heavy atom. The van der Waals surface area contributed by atoms with Gasteiger partial charge in [-0.15, -0.1) is 0 Å². The van der Waals surface area contributed by atoms with E-state index in [0.29, 0.717) is 47.8 Å². The minimum absolute atomic E-state index is 0.642. The Morgan fingerprint density at radius 3 is 1.03 bits per heavy atom. The van der Waals surface area contributed by atoms with Crippen LogP contribution in [0.4, 0.5) is 11.4 Å². The van der Waals surface area contributed by atoms with Crippen LogP contribution >= 0.6 is 0 Å². The number of hydrogen-bond donors (Lipinski definition) is 0. The molecule has 2 fully saturated rings. The molecule has 2 saturated heterocycles. The van der Waals surface area contributed by atoms with Gasteiger partial charge < -0.3 is 9.80 Å². The molecule has 0 amide bonds. The molecule has 4 atom stereocenters. The summed E-state index contributed by atoms with van der Waals surface area (Å²) in [5.74, 6) is 4.42. The Balaban J connectivity index is 1.42. The molecule has 0 spiro atoms. The van der Waals surface area contributed by atoms with Crippen molar-refractivity contribution < 1.29 is 0 Å². The molecule has 4 unspecified atom stereocenters. The fourth-order valence-electron chi connectivity index (χ4n) is 8.01. The van der Waals surface area contributed by atoms with Crippen molar-refractivity contribution >= 4 is 11.4 Å². The lowest BCUT2D eigenvalue weighted by molar-refractivity contribution is 0.188. The van der Waals surface area contributed by atoms with Crippen LogP contribution in [-0.4, -0.2) is 24.2 Å². The maximum atomic E-state index is 2.81. The third-order valence-electron chi connectivity index (χ3n) is 10.1. The average molecular weight is 531 g/mol. The van der Waals surface area contributed by atoms with Crippen molar-refractivity contribution in [3.63, 3.8) is 0 Å². The van der Waals surface area contributed by atoms with Crippen molar-refractivity contribution in [3.8, 4) is 0 Å². The standard InChI is InChI=1S/C37H58N2/c1-26(2)34-22-30(23-35(27(3)4)38(34)32-18-11-9-12-19-32)16-15-17-31-24-36(28(5)6)39(37(25-31)29(7)8)33-20-13-10-14-21-33/h9-14,18-21,26-31,34-37H,15-17,22-25H2,1-8H3. The Labute approximate surface area is 241 Å². The van der Waals surface area contributed by atoms with Gasteiger partial charge in [0.2, 0.25) is 0 Å². The number of para-hydroxylation sites is 2. The van der Waals surface area contributed by atoms with Crippen LogP contribution in [0.1, 0.15) is 100 Å². The van der Waals surface area contributed by atoms with Crippen molar-refractivity contribution in [2.45, 2.75) is 125 Å². The van der Waals surface area contributed by atoms with Gasteiger partial charge in [0.15, 0.2) is 0 Å². The molecule has 2 aliphatic heterocycles. The number of nitrogens with zero attached hydrogens (tertiary/aromatic N) is 2. The van der Waals surface area contributed by atoms with Crippen LogP contribution in [0.15, 0.2) is 60.7 Å². The van der Waals surface area contributed by atoms with Crippen LogP contribution in [0.25, 0.3) is 0 Å². The number of anilines is 2. The maximum Gasteiger partial charge on any atom is 0.0371 e. The summed E-state index contributed by atoms with van der Waals surface area (Å²) >= 11 is 0. The highest BCUT2D eigenvalue weighted by Gasteiger charge is 2.40. The van der Waals surface area contributed by atoms with Gasteiger partial charge in [-0.05, 0) is 85.5 Å². The first-order chi connectivity index (χ1) is 18.7. The minimum atomic E-state index is 0.642. The van der Waals surface area contributed by atoms with E-state index >= 15 is 0 Å². The molecule has 2 nitrogen and oxygen atoms in total. The number of benzene rings is 2. The molecule has 0 aliphatic carbocycles. The molecule has 39 heavy (non-hydrogen) atoms. The highest BCUT2D eigenvalue weighted by molar-refractivity contribution is 5.50. The molecule has 0 radical (unpaired) electrons. The minimum Gasteiger partial charge on any atom is -0.365 e. The number of hydrogen-bond acceptors (Lipinski definition) is 2. The first-order valence-corrected chi connectivity index (χ1v) is 16.3. The summed E-state index contributed by atoms with van der Waals surface area (Å²) in [5.41, 5.74) is 2.86. The zero-order valence-corrected chi connectivity index (χ0v) is 26.4. The Hall–Kier alpha value is -1.96. The zero-order valence-electron chi connectivity index (χ0n) is 26.4. The fraction of sp³-hybridized carbons (Fsp3) is 0.676. The van der Waals surface area contributed by atoms with Gasteiger partial charge in [0.05, 0.1) is 0 Å². The lowest BCUT2D eigenvalue weighted by Gasteiger charge is -2.51. The third kappa shape index (κ3) is 7.22. The summed E-state index contributed by atoms with van der Waals surface area (Å²) in [4.78, 5) is 5.62. The summed E-state index contributed by atoms with van der Waals surface area (Å²) in [5, 5.41) is 0. The Morgan fingerprint density at radius 2 is 0.769 bits per heavy atom. The molecule has 0 saturated carbocycles. The van der Waals surface area contributed by atoms with E-state index in [2.05, 4.69) is 126 Å². The maximum absolute atomic E-state index is 2.81. The molecule has 0 bridgehead atoms.